The van der Waals surface area contributed by atoms with Crippen molar-refractivity contribution >= 4 is 22.6 Å². The summed E-state index contributed by atoms with van der Waals surface area (Å²) >= 11 is 2.13. The number of benzene rings is 2. The highest BCUT2D eigenvalue weighted by Crippen LogP contribution is 2.28. The molecule has 0 heterocycles. The molecule has 4 heteroatoms. The van der Waals surface area contributed by atoms with Crippen LogP contribution in [0.5, 0.6) is 0 Å². The summed E-state index contributed by atoms with van der Waals surface area (Å²) < 4.78 is 26.9. The SMILES string of the molecule is Cc1cccc(C(O)c2ccc(F)c(F)c2)c1I. The largest absolute Gasteiger partial charge is 0.384 e. The third kappa shape index (κ3) is 2.54. The van der Waals surface area contributed by atoms with E-state index in [1.165, 1.54) is 6.07 Å². The van der Waals surface area contributed by atoms with E-state index in [9.17, 15) is 13.9 Å². The molecule has 0 bridgehead atoms. The second kappa shape index (κ2) is 5.32. The van der Waals surface area contributed by atoms with Crippen molar-refractivity contribution in [1.82, 2.24) is 0 Å². The highest BCUT2D eigenvalue weighted by Gasteiger charge is 2.16. The fourth-order valence-electron chi connectivity index (χ4n) is 1.74. The third-order valence-corrected chi connectivity index (χ3v) is 4.25. The summed E-state index contributed by atoms with van der Waals surface area (Å²) in [7, 11) is 0. The Morgan fingerprint density at radius 1 is 1.11 bits per heavy atom. The van der Waals surface area contributed by atoms with Crippen LogP contribution in [-0.4, -0.2) is 5.11 Å². The molecule has 0 saturated carbocycles. The number of aliphatic hydroxyl groups is 1. The lowest BCUT2D eigenvalue weighted by Crippen LogP contribution is -2.04. The summed E-state index contributed by atoms with van der Waals surface area (Å²) in [6.07, 6.45) is -0.952. The van der Waals surface area contributed by atoms with E-state index in [2.05, 4.69) is 22.6 Å². The second-order valence-electron chi connectivity index (χ2n) is 4.05. The average molecular weight is 360 g/mol. The molecule has 0 spiro atoms. The van der Waals surface area contributed by atoms with Gasteiger partial charge in [-0.15, -0.1) is 0 Å². The summed E-state index contributed by atoms with van der Waals surface area (Å²) in [6, 6.07) is 8.98. The molecule has 1 N–H and O–H groups in total. The van der Waals surface area contributed by atoms with Crippen LogP contribution in [0, 0.1) is 22.1 Å². The Balaban J connectivity index is 2.44. The maximum absolute atomic E-state index is 13.1. The van der Waals surface area contributed by atoms with Gasteiger partial charge in [-0.05, 0) is 58.3 Å². The van der Waals surface area contributed by atoms with Crippen LogP contribution in [0.15, 0.2) is 36.4 Å². The summed E-state index contributed by atoms with van der Waals surface area (Å²) in [5.74, 6) is -1.86. The minimum Gasteiger partial charge on any atom is -0.384 e. The summed E-state index contributed by atoms with van der Waals surface area (Å²) in [6.45, 7) is 1.93. The van der Waals surface area contributed by atoms with Gasteiger partial charge >= 0.3 is 0 Å². The van der Waals surface area contributed by atoms with Crippen LogP contribution in [0.25, 0.3) is 0 Å². The molecule has 0 aliphatic rings. The van der Waals surface area contributed by atoms with Crippen molar-refractivity contribution in [3.8, 4) is 0 Å². The first-order valence-electron chi connectivity index (χ1n) is 5.38. The van der Waals surface area contributed by atoms with Gasteiger partial charge in [0.1, 0.15) is 6.10 Å². The molecule has 18 heavy (non-hydrogen) atoms. The molecule has 1 unspecified atom stereocenters. The molecule has 1 nitrogen and oxygen atoms in total. The highest BCUT2D eigenvalue weighted by molar-refractivity contribution is 14.1. The molecule has 0 fully saturated rings. The molecule has 0 saturated heterocycles. The number of hydrogen-bond acceptors (Lipinski definition) is 1. The third-order valence-electron chi connectivity index (χ3n) is 2.78. The number of halogens is 3. The molecule has 1 atom stereocenters. The molecule has 0 aliphatic heterocycles. The van der Waals surface area contributed by atoms with Gasteiger partial charge in [-0.3, -0.25) is 0 Å². The van der Waals surface area contributed by atoms with Gasteiger partial charge in [0.05, 0.1) is 0 Å². The van der Waals surface area contributed by atoms with Gasteiger partial charge < -0.3 is 5.11 Å². The Morgan fingerprint density at radius 2 is 1.83 bits per heavy atom. The molecule has 0 amide bonds. The van der Waals surface area contributed by atoms with Crippen LogP contribution >= 0.6 is 22.6 Å². The Bertz CT molecular complexity index is 584. The fraction of sp³-hybridized carbons (Fsp3) is 0.143. The number of hydrogen-bond donors (Lipinski definition) is 1. The molecule has 2 rings (SSSR count). The van der Waals surface area contributed by atoms with Gasteiger partial charge in [0.15, 0.2) is 11.6 Å². The van der Waals surface area contributed by atoms with Crippen molar-refractivity contribution in [2.75, 3.05) is 0 Å². The van der Waals surface area contributed by atoms with Crippen molar-refractivity contribution in [2.45, 2.75) is 13.0 Å². The van der Waals surface area contributed by atoms with E-state index in [0.717, 1.165) is 21.3 Å². The maximum atomic E-state index is 13.1. The van der Waals surface area contributed by atoms with Crippen LogP contribution < -0.4 is 0 Å². The molecule has 0 aliphatic carbocycles. The molecule has 2 aromatic carbocycles. The normalized spacial score (nSPS) is 12.5. The van der Waals surface area contributed by atoms with Crippen LogP contribution in [0.2, 0.25) is 0 Å². The number of rotatable bonds is 2. The minimum absolute atomic E-state index is 0.345. The van der Waals surface area contributed by atoms with Crippen molar-refractivity contribution in [3.05, 3.63) is 68.3 Å². The van der Waals surface area contributed by atoms with Crippen molar-refractivity contribution in [2.24, 2.45) is 0 Å². The first kappa shape index (κ1) is 13.4. The van der Waals surface area contributed by atoms with Gasteiger partial charge in [-0.2, -0.15) is 0 Å². The van der Waals surface area contributed by atoms with E-state index in [4.69, 9.17) is 0 Å². The van der Waals surface area contributed by atoms with Gasteiger partial charge in [0.2, 0.25) is 0 Å². The zero-order valence-corrected chi connectivity index (χ0v) is 11.8. The molecular weight excluding hydrogens is 349 g/mol. The quantitative estimate of drug-likeness (QED) is 0.804. The molecule has 2 aromatic rings. The molecule has 0 aromatic heterocycles. The van der Waals surface area contributed by atoms with E-state index in [0.29, 0.717) is 11.1 Å². The molecule has 94 valence electrons. The topological polar surface area (TPSA) is 20.2 Å². The first-order chi connectivity index (χ1) is 8.50. The predicted molar refractivity (Wildman–Crippen MR) is 74.3 cm³/mol. The number of aliphatic hydroxyl groups excluding tert-OH is 1. The summed E-state index contributed by atoms with van der Waals surface area (Å²) in [5.41, 5.74) is 2.08. The first-order valence-corrected chi connectivity index (χ1v) is 6.46. The predicted octanol–water partition coefficient (Wildman–Crippen LogP) is 3.96. The minimum atomic E-state index is -0.952. The van der Waals surface area contributed by atoms with E-state index >= 15 is 0 Å². The van der Waals surface area contributed by atoms with Gasteiger partial charge in [-0.25, -0.2) is 8.78 Å². The lowest BCUT2D eigenvalue weighted by Gasteiger charge is -2.15. The van der Waals surface area contributed by atoms with Crippen molar-refractivity contribution < 1.29 is 13.9 Å². The van der Waals surface area contributed by atoms with Crippen LogP contribution in [0.1, 0.15) is 22.8 Å². The van der Waals surface area contributed by atoms with Crippen molar-refractivity contribution in [1.29, 1.82) is 0 Å². The van der Waals surface area contributed by atoms with E-state index in [1.807, 2.05) is 19.1 Å². The fourth-order valence-corrected chi connectivity index (χ4v) is 2.40. The summed E-state index contributed by atoms with van der Waals surface area (Å²) in [5, 5.41) is 10.2. The molecular formula is C14H11F2IO. The van der Waals surface area contributed by atoms with Gasteiger partial charge in [0, 0.05) is 3.57 Å². The van der Waals surface area contributed by atoms with Gasteiger partial charge in [0.25, 0.3) is 0 Å². The average Bonchev–Trinajstić information content (AvgIpc) is 2.35. The zero-order chi connectivity index (χ0) is 13.3. The number of aryl methyl sites for hydroxylation is 1. The Labute approximate surface area is 118 Å². The van der Waals surface area contributed by atoms with E-state index in [1.54, 1.807) is 6.07 Å². The standard InChI is InChI=1S/C14H11F2IO/c1-8-3-2-4-10(13(8)17)14(18)9-5-6-11(15)12(16)7-9/h2-7,14,18H,1H3. The van der Waals surface area contributed by atoms with E-state index < -0.39 is 17.7 Å². The lowest BCUT2D eigenvalue weighted by atomic mass is 10.00. The smallest absolute Gasteiger partial charge is 0.159 e. The van der Waals surface area contributed by atoms with Gasteiger partial charge in [-0.1, -0.05) is 24.3 Å². The second-order valence-corrected chi connectivity index (χ2v) is 5.13. The maximum Gasteiger partial charge on any atom is 0.159 e. The zero-order valence-electron chi connectivity index (χ0n) is 9.62. The Hall–Kier alpha value is -1.01. The van der Waals surface area contributed by atoms with Crippen LogP contribution in [-0.2, 0) is 0 Å². The Morgan fingerprint density at radius 3 is 2.50 bits per heavy atom. The van der Waals surface area contributed by atoms with Crippen LogP contribution in [0.4, 0.5) is 8.78 Å². The molecule has 0 radical (unpaired) electrons. The highest BCUT2D eigenvalue weighted by atomic mass is 127. The Kier molecular flexibility index (Phi) is 3.97. The monoisotopic (exact) mass is 360 g/mol. The van der Waals surface area contributed by atoms with Crippen LogP contribution in [0.3, 0.4) is 0 Å². The summed E-state index contributed by atoms with van der Waals surface area (Å²) in [4.78, 5) is 0. The lowest BCUT2D eigenvalue weighted by molar-refractivity contribution is 0.218. The van der Waals surface area contributed by atoms with Crippen molar-refractivity contribution in [3.63, 3.8) is 0 Å². The van der Waals surface area contributed by atoms with E-state index in [-0.39, 0.29) is 0 Å².